The van der Waals surface area contributed by atoms with E-state index in [1.807, 2.05) is 31.2 Å². The molecule has 4 heteroatoms. The average Bonchev–Trinajstić information content (AvgIpc) is 2.44. The van der Waals surface area contributed by atoms with Crippen molar-refractivity contribution < 1.29 is 14.6 Å². The summed E-state index contributed by atoms with van der Waals surface area (Å²) >= 11 is 6.10. The van der Waals surface area contributed by atoms with Crippen LogP contribution < -0.4 is 4.74 Å². The average molecular weight is 303 g/mol. The van der Waals surface area contributed by atoms with Gasteiger partial charge in [0, 0.05) is 11.6 Å². The van der Waals surface area contributed by atoms with Gasteiger partial charge in [-0.2, -0.15) is 0 Å². The van der Waals surface area contributed by atoms with Crippen molar-refractivity contribution >= 4 is 23.6 Å². The largest absolute Gasteiger partial charge is 0.488 e. The maximum absolute atomic E-state index is 10.6. The molecule has 2 aromatic carbocycles. The second kappa shape index (κ2) is 6.95. The second-order valence-electron chi connectivity index (χ2n) is 4.60. The van der Waals surface area contributed by atoms with Crippen LogP contribution in [0.5, 0.6) is 5.75 Å². The first kappa shape index (κ1) is 15.1. The molecule has 0 heterocycles. The van der Waals surface area contributed by atoms with Crippen LogP contribution in [0.4, 0.5) is 0 Å². The molecule has 108 valence electrons. The van der Waals surface area contributed by atoms with Crippen molar-refractivity contribution in [3.63, 3.8) is 0 Å². The van der Waals surface area contributed by atoms with Crippen LogP contribution in [0.3, 0.4) is 0 Å². The molecule has 0 atom stereocenters. The number of carboxylic acid groups (broad SMARTS) is 1. The fraction of sp³-hybridized carbons (Fsp3) is 0.118. The summed E-state index contributed by atoms with van der Waals surface area (Å²) in [6.45, 7) is 2.42. The lowest BCUT2D eigenvalue weighted by molar-refractivity contribution is -0.131. The standard InChI is InChI=1S/C17H15ClO3/c1-12-4-2-5-13(10-12)11-21-16-7-3-6-15(18)14(16)8-9-17(19)20/h2-10H,11H2,1H3,(H,19,20)/b9-8+. The zero-order valence-electron chi connectivity index (χ0n) is 11.5. The first-order chi connectivity index (χ1) is 10.1. The summed E-state index contributed by atoms with van der Waals surface area (Å²) in [6, 6.07) is 13.2. The molecule has 0 saturated heterocycles. The fourth-order valence-electron chi connectivity index (χ4n) is 1.92. The molecule has 2 rings (SSSR count). The summed E-state index contributed by atoms with van der Waals surface area (Å²) in [5.41, 5.74) is 2.77. The Morgan fingerprint density at radius 3 is 2.76 bits per heavy atom. The minimum absolute atomic E-state index is 0.399. The van der Waals surface area contributed by atoms with E-state index in [9.17, 15) is 4.79 Å². The number of hydrogen-bond acceptors (Lipinski definition) is 2. The van der Waals surface area contributed by atoms with Crippen molar-refractivity contribution in [2.45, 2.75) is 13.5 Å². The molecular weight excluding hydrogens is 288 g/mol. The molecule has 0 aliphatic rings. The van der Waals surface area contributed by atoms with Crippen molar-refractivity contribution in [1.29, 1.82) is 0 Å². The van der Waals surface area contributed by atoms with E-state index in [1.165, 1.54) is 6.08 Å². The highest BCUT2D eigenvalue weighted by Crippen LogP contribution is 2.28. The summed E-state index contributed by atoms with van der Waals surface area (Å²) in [7, 11) is 0. The lowest BCUT2D eigenvalue weighted by Crippen LogP contribution is -1.98. The van der Waals surface area contributed by atoms with Crippen molar-refractivity contribution in [2.75, 3.05) is 0 Å². The fourth-order valence-corrected chi connectivity index (χ4v) is 2.15. The first-order valence-electron chi connectivity index (χ1n) is 6.44. The van der Waals surface area contributed by atoms with Gasteiger partial charge in [-0.25, -0.2) is 4.79 Å². The molecule has 0 aromatic heterocycles. The van der Waals surface area contributed by atoms with Crippen LogP contribution in [-0.4, -0.2) is 11.1 Å². The van der Waals surface area contributed by atoms with E-state index in [0.717, 1.165) is 17.2 Å². The maximum Gasteiger partial charge on any atom is 0.328 e. The Morgan fingerprint density at radius 2 is 2.05 bits per heavy atom. The molecule has 0 saturated carbocycles. The number of carbonyl (C=O) groups is 1. The molecule has 0 radical (unpaired) electrons. The molecule has 0 unspecified atom stereocenters. The zero-order chi connectivity index (χ0) is 15.2. The van der Waals surface area contributed by atoms with E-state index >= 15 is 0 Å². The predicted octanol–water partition coefficient (Wildman–Crippen LogP) is 4.33. The number of aryl methyl sites for hydroxylation is 1. The van der Waals surface area contributed by atoms with Gasteiger partial charge in [0.05, 0.1) is 5.02 Å². The van der Waals surface area contributed by atoms with Gasteiger partial charge in [-0.15, -0.1) is 0 Å². The highest BCUT2D eigenvalue weighted by atomic mass is 35.5. The molecule has 21 heavy (non-hydrogen) atoms. The number of ether oxygens (including phenoxy) is 1. The summed E-state index contributed by atoms with van der Waals surface area (Å²) in [6.07, 6.45) is 2.48. The summed E-state index contributed by atoms with van der Waals surface area (Å²) in [5.74, 6) is -0.471. The SMILES string of the molecule is Cc1cccc(COc2cccc(Cl)c2/C=C/C(=O)O)c1. The molecule has 0 fully saturated rings. The highest BCUT2D eigenvalue weighted by molar-refractivity contribution is 6.32. The Kier molecular flexibility index (Phi) is 5.01. The van der Waals surface area contributed by atoms with E-state index in [4.69, 9.17) is 21.4 Å². The van der Waals surface area contributed by atoms with Crippen LogP contribution in [0.15, 0.2) is 48.5 Å². The summed E-state index contributed by atoms with van der Waals surface area (Å²) < 4.78 is 5.76. The number of benzene rings is 2. The van der Waals surface area contributed by atoms with E-state index in [1.54, 1.807) is 18.2 Å². The molecule has 0 aliphatic heterocycles. The van der Waals surface area contributed by atoms with Gasteiger partial charge in [-0.05, 0) is 30.7 Å². The van der Waals surface area contributed by atoms with E-state index in [0.29, 0.717) is 22.9 Å². The number of hydrogen-bond donors (Lipinski definition) is 1. The Morgan fingerprint density at radius 1 is 1.29 bits per heavy atom. The summed E-state index contributed by atoms with van der Waals surface area (Å²) in [4.78, 5) is 10.6. The van der Waals surface area contributed by atoms with Crippen molar-refractivity contribution in [3.8, 4) is 5.75 Å². The van der Waals surface area contributed by atoms with Crippen molar-refractivity contribution in [1.82, 2.24) is 0 Å². The van der Waals surface area contributed by atoms with Gasteiger partial charge in [0.25, 0.3) is 0 Å². The van der Waals surface area contributed by atoms with E-state index in [-0.39, 0.29) is 0 Å². The molecule has 0 spiro atoms. The molecule has 3 nitrogen and oxygen atoms in total. The number of aliphatic carboxylic acids is 1. The van der Waals surface area contributed by atoms with Crippen LogP contribution in [0, 0.1) is 6.92 Å². The molecule has 2 aromatic rings. The third kappa shape index (κ3) is 4.36. The predicted molar refractivity (Wildman–Crippen MR) is 83.6 cm³/mol. The van der Waals surface area contributed by atoms with E-state index in [2.05, 4.69) is 0 Å². The van der Waals surface area contributed by atoms with Crippen LogP contribution >= 0.6 is 11.6 Å². The van der Waals surface area contributed by atoms with Crippen LogP contribution in [0.2, 0.25) is 5.02 Å². The van der Waals surface area contributed by atoms with Gasteiger partial charge in [-0.1, -0.05) is 47.5 Å². The molecular formula is C17H15ClO3. The first-order valence-corrected chi connectivity index (χ1v) is 6.82. The minimum Gasteiger partial charge on any atom is -0.488 e. The van der Waals surface area contributed by atoms with Gasteiger partial charge in [0.1, 0.15) is 12.4 Å². The Balaban J connectivity index is 2.20. The highest BCUT2D eigenvalue weighted by Gasteiger charge is 2.06. The maximum atomic E-state index is 10.6. The second-order valence-corrected chi connectivity index (χ2v) is 5.01. The van der Waals surface area contributed by atoms with Crippen molar-refractivity contribution in [3.05, 3.63) is 70.3 Å². The van der Waals surface area contributed by atoms with Crippen molar-refractivity contribution in [2.24, 2.45) is 0 Å². The smallest absolute Gasteiger partial charge is 0.328 e. The third-order valence-corrected chi connectivity index (χ3v) is 3.21. The topological polar surface area (TPSA) is 46.5 Å². The third-order valence-electron chi connectivity index (χ3n) is 2.88. The van der Waals surface area contributed by atoms with Crippen LogP contribution in [0.1, 0.15) is 16.7 Å². The normalized spacial score (nSPS) is 10.8. The van der Waals surface area contributed by atoms with E-state index < -0.39 is 5.97 Å². The molecule has 1 N–H and O–H groups in total. The zero-order valence-corrected chi connectivity index (χ0v) is 12.3. The van der Waals surface area contributed by atoms with Gasteiger partial charge < -0.3 is 9.84 Å². The van der Waals surface area contributed by atoms with Crippen LogP contribution in [0.25, 0.3) is 6.08 Å². The lowest BCUT2D eigenvalue weighted by Gasteiger charge is -2.11. The van der Waals surface area contributed by atoms with Gasteiger partial charge in [0.2, 0.25) is 0 Å². The number of carboxylic acids is 1. The van der Waals surface area contributed by atoms with Crippen LogP contribution in [-0.2, 0) is 11.4 Å². The minimum atomic E-state index is -1.03. The monoisotopic (exact) mass is 302 g/mol. The number of halogens is 1. The number of rotatable bonds is 5. The van der Waals surface area contributed by atoms with Gasteiger partial charge in [0.15, 0.2) is 0 Å². The quantitative estimate of drug-likeness (QED) is 0.836. The lowest BCUT2D eigenvalue weighted by atomic mass is 10.1. The summed E-state index contributed by atoms with van der Waals surface area (Å²) in [5, 5.41) is 9.18. The van der Waals surface area contributed by atoms with Gasteiger partial charge in [-0.3, -0.25) is 0 Å². The Hall–Kier alpha value is -2.26. The Labute approximate surface area is 128 Å². The molecule has 0 aliphatic carbocycles. The molecule has 0 amide bonds. The Bertz CT molecular complexity index is 677. The molecule has 0 bridgehead atoms. The van der Waals surface area contributed by atoms with Gasteiger partial charge >= 0.3 is 5.97 Å².